The topological polar surface area (TPSA) is 40.9 Å². The standard InChI is InChI=1S/C22H24B.C20H14NOS/c1-2-3-19-23(20-13-7-4-8-14-20,21-15-9-5-10-16-21)22-17-11-6-12-18-22;21-13-17-11-12-18(14-23-22)20(16-9-5-2-6-10-16)19(17)15-7-3-1-4-8-15/h4-18H,2-3,19H2,1H3;1-12H,14H2/q-1;+1. The second kappa shape index (κ2) is 16.3. The maximum atomic E-state index is 11.1. The summed E-state index contributed by atoms with van der Waals surface area (Å²) in [5.74, 6) is 0.371. The molecule has 226 valence electrons. The fraction of sp³-hybridized carbons (Fsp3) is 0.119. The molecule has 0 saturated carbocycles. The highest BCUT2D eigenvalue weighted by Gasteiger charge is 2.28. The van der Waals surface area contributed by atoms with Gasteiger partial charge in [0.2, 0.25) is 0 Å². The Balaban J connectivity index is 0.000000181. The molecule has 0 heterocycles. The van der Waals surface area contributed by atoms with Crippen molar-refractivity contribution >= 4 is 34.2 Å². The van der Waals surface area contributed by atoms with Crippen LogP contribution in [-0.4, -0.2) is 6.15 Å². The minimum Gasteiger partial charge on any atom is -0.200 e. The first-order chi connectivity index (χ1) is 22.7. The summed E-state index contributed by atoms with van der Waals surface area (Å²) in [4.78, 5) is 0. The molecule has 0 saturated heterocycles. The molecule has 46 heavy (non-hydrogen) atoms. The van der Waals surface area contributed by atoms with Gasteiger partial charge in [-0.05, 0) is 22.8 Å². The van der Waals surface area contributed by atoms with Crippen LogP contribution in [0.4, 0.5) is 0 Å². The zero-order chi connectivity index (χ0) is 32.0. The second-order valence-electron chi connectivity index (χ2n) is 11.5. The van der Waals surface area contributed by atoms with Gasteiger partial charge in [-0.3, -0.25) is 0 Å². The molecule has 4 heteroatoms. The summed E-state index contributed by atoms with van der Waals surface area (Å²) in [5, 5.41) is 9.55. The maximum Gasteiger partial charge on any atom is 0.463 e. The first-order valence-electron chi connectivity index (χ1n) is 16.0. The minimum absolute atomic E-state index is 0.371. The van der Waals surface area contributed by atoms with Crippen LogP contribution in [0.25, 0.3) is 22.3 Å². The van der Waals surface area contributed by atoms with E-state index in [1.807, 2.05) is 66.7 Å². The van der Waals surface area contributed by atoms with Gasteiger partial charge in [0.1, 0.15) is 0 Å². The Hall–Kier alpha value is -5.11. The van der Waals surface area contributed by atoms with E-state index in [9.17, 15) is 9.47 Å². The first-order valence-corrected chi connectivity index (χ1v) is 16.9. The van der Waals surface area contributed by atoms with Crippen molar-refractivity contribution in [1.82, 2.24) is 0 Å². The Morgan fingerprint density at radius 3 is 1.37 bits per heavy atom. The van der Waals surface area contributed by atoms with Gasteiger partial charge in [-0.1, -0.05) is 177 Å². The molecule has 0 aliphatic rings. The summed E-state index contributed by atoms with van der Waals surface area (Å²) < 4.78 is 11.1. The average Bonchev–Trinajstić information content (AvgIpc) is 3.14. The average molecular weight is 616 g/mol. The Kier molecular flexibility index (Phi) is 11.4. The van der Waals surface area contributed by atoms with Gasteiger partial charge in [0.15, 0.2) is 0 Å². The molecule has 0 spiro atoms. The van der Waals surface area contributed by atoms with E-state index in [0.717, 1.165) is 27.8 Å². The van der Waals surface area contributed by atoms with Crippen molar-refractivity contribution < 1.29 is 4.21 Å². The molecule has 0 fully saturated rings. The Bertz CT molecular complexity index is 1760. The molecule has 0 N–H and O–H groups in total. The van der Waals surface area contributed by atoms with Crippen LogP contribution < -0.4 is 16.4 Å². The van der Waals surface area contributed by atoms with E-state index < -0.39 is 6.15 Å². The first kappa shape index (κ1) is 32.3. The Labute approximate surface area is 277 Å². The lowest BCUT2D eigenvalue weighted by atomic mass is 9.14. The van der Waals surface area contributed by atoms with E-state index in [0.29, 0.717) is 23.0 Å². The van der Waals surface area contributed by atoms with Crippen LogP contribution >= 0.6 is 0 Å². The summed E-state index contributed by atoms with van der Waals surface area (Å²) in [6.45, 7) is 2.28. The van der Waals surface area contributed by atoms with E-state index in [-0.39, 0.29) is 0 Å². The van der Waals surface area contributed by atoms with Crippen LogP contribution in [-0.2, 0) is 21.6 Å². The highest BCUT2D eigenvalue weighted by molar-refractivity contribution is 7.64. The molecule has 0 aromatic heterocycles. The number of benzene rings is 6. The monoisotopic (exact) mass is 615 g/mol. The lowest BCUT2D eigenvalue weighted by Crippen LogP contribution is -2.66. The van der Waals surface area contributed by atoms with Crippen LogP contribution in [0, 0.1) is 11.3 Å². The van der Waals surface area contributed by atoms with Crippen molar-refractivity contribution in [3.8, 4) is 28.3 Å². The van der Waals surface area contributed by atoms with Gasteiger partial charge in [-0.15, -0.1) is 0 Å². The number of nitriles is 1. The predicted molar refractivity (Wildman–Crippen MR) is 197 cm³/mol. The highest BCUT2D eigenvalue weighted by Crippen LogP contribution is 2.37. The van der Waals surface area contributed by atoms with Crippen molar-refractivity contribution in [1.29, 1.82) is 5.26 Å². The van der Waals surface area contributed by atoms with Gasteiger partial charge in [-0.2, -0.15) is 28.0 Å². The molecular formula is C42H38BNOS. The van der Waals surface area contributed by atoms with Crippen LogP contribution in [0.5, 0.6) is 0 Å². The van der Waals surface area contributed by atoms with E-state index in [2.05, 4.69) is 104 Å². The molecule has 0 amide bonds. The van der Waals surface area contributed by atoms with Gasteiger partial charge >= 0.3 is 11.7 Å². The zero-order valence-electron chi connectivity index (χ0n) is 26.3. The lowest BCUT2D eigenvalue weighted by Gasteiger charge is -2.43. The molecule has 0 unspecified atom stereocenters. The number of nitrogens with zero attached hydrogens (tertiary/aromatic N) is 1. The van der Waals surface area contributed by atoms with Crippen molar-refractivity contribution in [2.45, 2.75) is 31.8 Å². The number of unbranched alkanes of at least 4 members (excludes halogenated alkanes) is 1. The smallest absolute Gasteiger partial charge is 0.200 e. The van der Waals surface area contributed by atoms with Crippen molar-refractivity contribution in [2.75, 3.05) is 0 Å². The maximum absolute atomic E-state index is 11.1. The van der Waals surface area contributed by atoms with Crippen molar-refractivity contribution in [3.63, 3.8) is 0 Å². The van der Waals surface area contributed by atoms with Crippen LogP contribution in [0.3, 0.4) is 0 Å². The minimum atomic E-state index is -0.913. The quantitative estimate of drug-likeness (QED) is 0.114. The number of hydrogen-bond acceptors (Lipinski definition) is 2. The SMILES string of the molecule is CCCC[B-](c1ccccc1)(c1ccccc1)c1ccccc1.N#Cc1ccc(C[S+]=O)c(-c2ccccc2)c1-c1ccccc1. The van der Waals surface area contributed by atoms with Crippen LogP contribution in [0.1, 0.15) is 30.9 Å². The second-order valence-corrected chi connectivity index (χ2v) is 12.1. The molecular weight excluding hydrogens is 577 g/mol. The van der Waals surface area contributed by atoms with Gasteiger partial charge in [0.05, 0.1) is 17.8 Å². The molecule has 0 aliphatic carbocycles. The number of rotatable bonds is 10. The third-order valence-corrected chi connectivity index (χ3v) is 9.28. The molecule has 6 aromatic carbocycles. The van der Waals surface area contributed by atoms with E-state index in [1.165, 1.54) is 35.6 Å². The third kappa shape index (κ3) is 7.23. The molecule has 6 aromatic rings. The molecule has 0 bridgehead atoms. The summed E-state index contributed by atoms with van der Waals surface area (Å²) in [6, 6.07) is 58.9. The van der Waals surface area contributed by atoms with Gasteiger partial charge in [0, 0.05) is 15.3 Å². The normalized spacial score (nSPS) is 10.7. The molecule has 0 radical (unpaired) electrons. The summed E-state index contributed by atoms with van der Waals surface area (Å²) in [5.41, 5.74) is 9.78. The third-order valence-electron chi connectivity index (χ3n) is 8.85. The number of hydrogen-bond donors (Lipinski definition) is 0. The van der Waals surface area contributed by atoms with Crippen LogP contribution in [0.2, 0.25) is 6.32 Å². The Morgan fingerprint density at radius 1 is 0.565 bits per heavy atom. The zero-order valence-corrected chi connectivity index (χ0v) is 27.1. The van der Waals surface area contributed by atoms with Crippen molar-refractivity contribution in [2.24, 2.45) is 0 Å². The largest absolute Gasteiger partial charge is 0.463 e. The fourth-order valence-electron chi connectivity index (χ4n) is 6.69. The van der Waals surface area contributed by atoms with Crippen LogP contribution in [0.15, 0.2) is 164 Å². The van der Waals surface area contributed by atoms with Gasteiger partial charge < -0.3 is 0 Å². The Morgan fingerprint density at radius 2 is 0.978 bits per heavy atom. The molecule has 0 atom stereocenters. The summed E-state index contributed by atoms with van der Waals surface area (Å²) in [6.07, 6.45) is 2.73. The fourth-order valence-corrected chi connectivity index (χ4v) is 7.06. The molecule has 6 rings (SSSR count). The van der Waals surface area contributed by atoms with Gasteiger partial charge in [0.25, 0.3) is 5.75 Å². The summed E-state index contributed by atoms with van der Waals surface area (Å²) in [7, 11) is 0. The lowest BCUT2D eigenvalue weighted by molar-refractivity contribution is 0.604. The summed E-state index contributed by atoms with van der Waals surface area (Å²) >= 11 is 0.548. The van der Waals surface area contributed by atoms with Gasteiger partial charge in [-0.25, -0.2) is 0 Å². The highest BCUT2D eigenvalue weighted by atomic mass is 32.1. The molecule has 2 nitrogen and oxygen atoms in total. The van der Waals surface area contributed by atoms with E-state index >= 15 is 0 Å². The van der Waals surface area contributed by atoms with E-state index in [1.54, 1.807) is 6.07 Å². The molecule has 0 aliphatic heterocycles. The van der Waals surface area contributed by atoms with Crippen molar-refractivity contribution in [3.05, 3.63) is 175 Å². The predicted octanol–water partition coefficient (Wildman–Crippen LogP) is 8.78. The van der Waals surface area contributed by atoms with E-state index in [4.69, 9.17) is 0 Å².